The molecule has 0 aromatic carbocycles. The van der Waals surface area contributed by atoms with Crippen LogP contribution in [-0.4, -0.2) is 26.3 Å². The predicted octanol–water partition coefficient (Wildman–Crippen LogP) is 1.53. The molecule has 0 heterocycles. The normalized spacial score (nSPS) is 10.8. The molecule has 0 aromatic rings. The van der Waals surface area contributed by atoms with Gasteiger partial charge in [-0.05, 0) is 6.42 Å². The van der Waals surface area contributed by atoms with E-state index in [1.54, 1.807) is 6.08 Å². The Hall–Kier alpha value is -0.670. The van der Waals surface area contributed by atoms with Gasteiger partial charge in [-0.1, -0.05) is 19.1 Å². The van der Waals surface area contributed by atoms with Gasteiger partial charge in [0.05, 0.1) is 6.61 Å². The van der Waals surface area contributed by atoms with Crippen LogP contribution >= 0.6 is 0 Å². The molecule has 0 rings (SSSR count). The monoisotopic (exact) mass is 172 g/mol. The molecule has 70 valence electrons. The molecule has 0 saturated heterocycles. The fourth-order valence-electron chi connectivity index (χ4n) is 0.598. The summed E-state index contributed by atoms with van der Waals surface area (Å²) >= 11 is 0. The first-order valence-electron chi connectivity index (χ1n) is 4.16. The molecule has 0 fully saturated rings. The molecule has 3 heteroatoms. The quantitative estimate of drug-likeness (QED) is 0.241. The molecule has 0 bridgehead atoms. The second-order valence-corrected chi connectivity index (χ2v) is 2.27. The van der Waals surface area contributed by atoms with E-state index in [1.165, 1.54) is 0 Å². The molecule has 3 nitrogen and oxygen atoms in total. The van der Waals surface area contributed by atoms with Crippen molar-refractivity contribution >= 4 is 6.29 Å². The number of allylic oxidation sites excluding steroid dienone is 1. The summed E-state index contributed by atoms with van der Waals surface area (Å²) in [5.74, 6) is 0. The van der Waals surface area contributed by atoms with Crippen LogP contribution in [0.15, 0.2) is 12.2 Å². The Bertz CT molecular complexity index is 121. The van der Waals surface area contributed by atoms with Crippen LogP contribution < -0.4 is 0 Å². The lowest BCUT2D eigenvalue weighted by atomic mass is 10.4. The molecule has 0 saturated carbocycles. The lowest BCUT2D eigenvalue weighted by molar-refractivity contribution is -0.107. The van der Waals surface area contributed by atoms with Crippen molar-refractivity contribution in [3.8, 4) is 0 Å². The van der Waals surface area contributed by atoms with Crippen LogP contribution in [0.1, 0.15) is 19.8 Å². The Morgan fingerprint density at radius 1 is 1.25 bits per heavy atom. The molecule has 0 aliphatic carbocycles. The van der Waals surface area contributed by atoms with E-state index in [0.717, 1.165) is 19.3 Å². The predicted molar refractivity (Wildman–Crippen MR) is 46.9 cm³/mol. The molecular formula is C9H16O3. The highest BCUT2D eigenvalue weighted by molar-refractivity contribution is 5.51. The highest BCUT2D eigenvalue weighted by Crippen LogP contribution is 1.84. The molecule has 0 amide bonds. The summed E-state index contributed by atoms with van der Waals surface area (Å²) in [6, 6.07) is 0. The molecule has 12 heavy (non-hydrogen) atoms. The van der Waals surface area contributed by atoms with E-state index >= 15 is 0 Å². The van der Waals surface area contributed by atoms with Gasteiger partial charge in [0, 0.05) is 13.0 Å². The van der Waals surface area contributed by atoms with Gasteiger partial charge in [-0.15, -0.1) is 0 Å². The van der Waals surface area contributed by atoms with Gasteiger partial charge in [0.25, 0.3) is 0 Å². The van der Waals surface area contributed by atoms with E-state index in [2.05, 4.69) is 0 Å². The first kappa shape index (κ1) is 11.3. The molecular weight excluding hydrogens is 156 g/mol. The third kappa shape index (κ3) is 9.33. The number of rotatable bonds is 8. The molecule has 0 aromatic heterocycles. The molecule has 0 atom stereocenters. The third-order valence-corrected chi connectivity index (χ3v) is 1.13. The Balaban J connectivity index is 2.94. The van der Waals surface area contributed by atoms with Crippen molar-refractivity contribution in [2.75, 3.05) is 20.0 Å². The van der Waals surface area contributed by atoms with Crippen LogP contribution in [0, 0.1) is 0 Å². The summed E-state index contributed by atoms with van der Waals surface area (Å²) in [4.78, 5) is 9.86. The Labute approximate surface area is 73.4 Å². The van der Waals surface area contributed by atoms with Crippen molar-refractivity contribution in [3.05, 3.63) is 12.2 Å². The molecule has 0 N–H and O–H groups in total. The number of aldehydes is 1. The Morgan fingerprint density at radius 2 is 2.08 bits per heavy atom. The Morgan fingerprint density at radius 3 is 2.75 bits per heavy atom. The van der Waals surface area contributed by atoms with Crippen molar-refractivity contribution in [2.24, 2.45) is 0 Å². The summed E-state index contributed by atoms with van der Waals surface area (Å²) in [7, 11) is 0. The zero-order valence-corrected chi connectivity index (χ0v) is 7.49. The highest BCUT2D eigenvalue weighted by Gasteiger charge is 1.83. The van der Waals surface area contributed by atoms with Gasteiger partial charge in [0.1, 0.15) is 13.1 Å². The van der Waals surface area contributed by atoms with Crippen LogP contribution in [0.3, 0.4) is 0 Å². The summed E-state index contributed by atoms with van der Waals surface area (Å²) in [5, 5.41) is 0. The van der Waals surface area contributed by atoms with E-state index in [4.69, 9.17) is 9.47 Å². The van der Waals surface area contributed by atoms with Crippen molar-refractivity contribution in [1.29, 1.82) is 0 Å². The smallest absolute Gasteiger partial charge is 0.147 e. The summed E-state index contributed by atoms with van der Waals surface area (Å²) in [5.41, 5.74) is 0. The van der Waals surface area contributed by atoms with E-state index < -0.39 is 0 Å². The summed E-state index contributed by atoms with van der Waals surface area (Å²) in [6.45, 7) is 3.62. The number of carbonyl (C=O) groups is 1. The second-order valence-electron chi connectivity index (χ2n) is 2.27. The fraction of sp³-hybridized carbons (Fsp3) is 0.667. The molecule has 0 radical (unpaired) electrons. The van der Waals surface area contributed by atoms with Crippen LogP contribution in [0.5, 0.6) is 0 Å². The molecule has 0 aliphatic rings. The number of carbonyl (C=O) groups excluding carboxylic acids is 1. The van der Waals surface area contributed by atoms with E-state index in [-0.39, 0.29) is 0 Å². The van der Waals surface area contributed by atoms with Gasteiger partial charge in [-0.3, -0.25) is 0 Å². The largest absolute Gasteiger partial charge is 0.355 e. The standard InChI is InChI=1S/C9H16O3/c1-2-7-11-9-12-8-5-3-4-6-10/h3,5-6H,2,4,7-9H2,1H3. The van der Waals surface area contributed by atoms with E-state index in [1.807, 2.05) is 13.0 Å². The van der Waals surface area contributed by atoms with Gasteiger partial charge in [0.2, 0.25) is 0 Å². The highest BCUT2D eigenvalue weighted by atomic mass is 16.7. The maximum atomic E-state index is 9.86. The minimum Gasteiger partial charge on any atom is -0.355 e. The van der Waals surface area contributed by atoms with Crippen LogP contribution in [0.2, 0.25) is 0 Å². The first-order valence-corrected chi connectivity index (χ1v) is 4.16. The van der Waals surface area contributed by atoms with E-state index in [9.17, 15) is 4.79 Å². The van der Waals surface area contributed by atoms with E-state index in [0.29, 0.717) is 19.8 Å². The van der Waals surface area contributed by atoms with Gasteiger partial charge in [-0.2, -0.15) is 0 Å². The van der Waals surface area contributed by atoms with Crippen molar-refractivity contribution in [3.63, 3.8) is 0 Å². The topological polar surface area (TPSA) is 35.5 Å². The van der Waals surface area contributed by atoms with Crippen molar-refractivity contribution < 1.29 is 14.3 Å². The summed E-state index contributed by atoms with van der Waals surface area (Å²) in [6.07, 6.45) is 5.89. The average molecular weight is 172 g/mol. The molecule has 0 aliphatic heterocycles. The minimum atomic E-state index is 0.333. The van der Waals surface area contributed by atoms with Crippen LogP contribution in [-0.2, 0) is 14.3 Å². The number of ether oxygens (including phenoxy) is 2. The minimum absolute atomic E-state index is 0.333. The number of hydrogen-bond donors (Lipinski definition) is 0. The average Bonchev–Trinajstić information content (AvgIpc) is 2.10. The second kappa shape index (κ2) is 10.3. The van der Waals surface area contributed by atoms with Crippen LogP contribution in [0.25, 0.3) is 0 Å². The molecule has 0 spiro atoms. The maximum Gasteiger partial charge on any atom is 0.147 e. The summed E-state index contributed by atoms with van der Waals surface area (Å²) < 4.78 is 10.1. The Kier molecular flexibility index (Phi) is 9.75. The van der Waals surface area contributed by atoms with Crippen molar-refractivity contribution in [2.45, 2.75) is 19.8 Å². The number of hydrogen-bond acceptors (Lipinski definition) is 3. The lowest BCUT2D eigenvalue weighted by Gasteiger charge is -2.00. The lowest BCUT2D eigenvalue weighted by Crippen LogP contribution is -2.00. The zero-order valence-electron chi connectivity index (χ0n) is 7.49. The van der Waals surface area contributed by atoms with Gasteiger partial charge < -0.3 is 14.3 Å². The molecule has 0 unspecified atom stereocenters. The van der Waals surface area contributed by atoms with Gasteiger partial charge in [-0.25, -0.2) is 0 Å². The van der Waals surface area contributed by atoms with Gasteiger partial charge in [0.15, 0.2) is 0 Å². The van der Waals surface area contributed by atoms with Gasteiger partial charge >= 0.3 is 0 Å². The SMILES string of the molecule is CCCOCOCC=CCC=O. The fourth-order valence-corrected chi connectivity index (χ4v) is 0.598. The first-order chi connectivity index (χ1) is 5.91. The van der Waals surface area contributed by atoms with Crippen LogP contribution in [0.4, 0.5) is 0 Å². The van der Waals surface area contributed by atoms with Crippen molar-refractivity contribution in [1.82, 2.24) is 0 Å². The zero-order chi connectivity index (χ0) is 9.07. The third-order valence-electron chi connectivity index (χ3n) is 1.13. The maximum absolute atomic E-state index is 9.86.